The Balaban J connectivity index is 1.68. The molecule has 2 atom stereocenters. The Labute approximate surface area is 104 Å². The Bertz CT molecular complexity index is 294. The van der Waals surface area contributed by atoms with Gasteiger partial charge >= 0.3 is 0 Å². The molecule has 98 valence electrons. The lowest BCUT2D eigenvalue weighted by Gasteiger charge is -2.58. The van der Waals surface area contributed by atoms with Gasteiger partial charge in [0.1, 0.15) is 0 Å². The van der Waals surface area contributed by atoms with Crippen LogP contribution < -0.4 is 11.1 Å². The van der Waals surface area contributed by atoms with E-state index in [2.05, 4.69) is 19.2 Å². The molecule has 4 rings (SSSR count). The lowest BCUT2D eigenvalue weighted by Crippen LogP contribution is -2.62. The fourth-order valence-corrected chi connectivity index (χ4v) is 4.70. The van der Waals surface area contributed by atoms with Crippen molar-refractivity contribution in [2.24, 2.45) is 23.5 Å². The molecule has 0 amide bonds. The number of hydrogen-bond donors (Lipinski definition) is 3. The molecule has 0 aromatic rings. The van der Waals surface area contributed by atoms with Crippen LogP contribution in [0.15, 0.2) is 0 Å². The quantitative estimate of drug-likeness (QED) is 0.693. The summed E-state index contributed by atoms with van der Waals surface area (Å²) in [6.07, 6.45) is 5.74. The van der Waals surface area contributed by atoms with Gasteiger partial charge in [0.2, 0.25) is 0 Å². The maximum atomic E-state index is 10.5. The van der Waals surface area contributed by atoms with E-state index in [9.17, 15) is 5.11 Å². The molecule has 0 aliphatic heterocycles. The maximum absolute atomic E-state index is 10.5. The average molecular weight is 238 g/mol. The first-order valence-electron chi connectivity index (χ1n) is 7.09. The predicted molar refractivity (Wildman–Crippen MR) is 68.6 cm³/mol. The molecule has 0 saturated heterocycles. The fourth-order valence-electron chi connectivity index (χ4n) is 4.70. The van der Waals surface area contributed by atoms with Gasteiger partial charge in [0.25, 0.3) is 0 Å². The summed E-state index contributed by atoms with van der Waals surface area (Å²) in [7, 11) is 0. The molecule has 0 aromatic heterocycles. The van der Waals surface area contributed by atoms with Crippen molar-refractivity contribution in [3.05, 3.63) is 0 Å². The highest BCUT2D eigenvalue weighted by molar-refractivity contribution is 5.08. The van der Waals surface area contributed by atoms with Gasteiger partial charge in [-0.25, -0.2) is 0 Å². The summed E-state index contributed by atoms with van der Waals surface area (Å²) in [5.74, 6) is 2.17. The first-order chi connectivity index (χ1) is 7.85. The molecule has 4 N–H and O–H groups in total. The standard InChI is InChI=1S/C14H26N2O/c1-13(2,15)8-16-12-10-3-9-4-11(12)7-14(17,5-9)6-10/h9-12,16-17H,3-8,15H2,1-2H3. The van der Waals surface area contributed by atoms with E-state index in [1.807, 2.05) is 0 Å². The van der Waals surface area contributed by atoms with Gasteiger partial charge in [0, 0.05) is 18.1 Å². The smallest absolute Gasteiger partial charge is 0.0657 e. The van der Waals surface area contributed by atoms with E-state index in [1.54, 1.807) is 0 Å². The van der Waals surface area contributed by atoms with Crippen LogP contribution >= 0.6 is 0 Å². The van der Waals surface area contributed by atoms with Gasteiger partial charge < -0.3 is 16.2 Å². The number of aliphatic hydroxyl groups is 1. The van der Waals surface area contributed by atoms with Gasteiger partial charge in [-0.2, -0.15) is 0 Å². The van der Waals surface area contributed by atoms with E-state index in [0.717, 1.165) is 31.7 Å². The lowest BCUT2D eigenvalue weighted by molar-refractivity contribution is -0.138. The van der Waals surface area contributed by atoms with Crippen LogP contribution in [0.5, 0.6) is 0 Å². The highest BCUT2D eigenvalue weighted by Crippen LogP contribution is 2.55. The predicted octanol–water partition coefficient (Wildman–Crippen LogP) is 1.25. The third-order valence-electron chi connectivity index (χ3n) is 5.03. The Morgan fingerprint density at radius 1 is 1.24 bits per heavy atom. The summed E-state index contributed by atoms with van der Waals surface area (Å²) in [5.41, 5.74) is 5.61. The van der Waals surface area contributed by atoms with Gasteiger partial charge in [0.15, 0.2) is 0 Å². The fraction of sp³-hybridized carbons (Fsp3) is 1.00. The molecule has 0 spiro atoms. The van der Waals surface area contributed by atoms with Crippen molar-refractivity contribution in [1.29, 1.82) is 0 Å². The van der Waals surface area contributed by atoms with Gasteiger partial charge in [-0.05, 0) is 63.7 Å². The normalized spacial score (nSPS) is 48.7. The van der Waals surface area contributed by atoms with Crippen molar-refractivity contribution in [2.45, 2.75) is 63.1 Å². The van der Waals surface area contributed by atoms with Crippen molar-refractivity contribution < 1.29 is 5.11 Å². The van der Waals surface area contributed by atoms with Gasteiger partial charge in [-0.15, -0.1) is 0 Å². The van der Waals surface area contributed by atoms with E-state index >= 15 is 0 Å². The second-order valence-corrected chi connectivity index (χ2v) is 7.59. The summed E-state index contributed by atoms with van der Waals surface area (Å²) >= 11 is 0. The van der Waals surface area contributed by atoms with Crippen LogP contribution in [-0.2, 0) is 0 Å². The third-order valence-corrected chi connectivity index (χ3v) is 5.03. The Hall–Kier alpha value is -0.120. The molecule has 3 heteroatoms. The molecule has 2 unspecified atom stereocenters. The van der Waals surface area contributed by atoms with Crippen LogP contribution in [0.4, 0.5) is 0 Å². The third kappa shape index (κ3) is 2.25. The molecule has 3 nitrogen and oxygen atoms in total. The minimum atomic E-state index is -0.313. The number of rotatable bonds is 3. The molecule has 4 saturated carbocycles. The van der Waals surface area contributed by atoms with Gasteiger partial charge in [0.05, 0.1) is 5.60 Å². The summed E-state index contributed by atoms with van der Waals surface area (Å²) < 4.78 is 0. The van der Waals surface area contributed by atoms with Gasteiger partial charge in [-0.1, -0.05) is 0 Å². The molecular weight excluding hydrogens is 212 g/mol. The van der Waals surface area contributed by atoms with Crippen LogP contribution in [0.3, 0.4) is 0 Å². The molecule has 0 heterocycles. The maximum Gasteiger partial charge on any atom is 0.0657 e. The van der Waals surface area contributed by atoms with Crippen LogP contribution in [0.25, 0.3) is 0 Å². The van der Waals surface area contributed by atoms with E-state index in [4.69, 9.17) is 5.73 Å². The molecule has 17 heavy (non-hydrogen) atoms. The number of hydrogen-bond acceptors (Lipinski definition) is 3. The molecule has 0 radical (unpaired) electrons. The van der Waals surface area contributed by atoms with E-state index in [1.165, 1.54) is 12.8 Å². The zero-order valence-electron chi connectivity index (χ0n) is 11.1. The molecule has 4 bridgehead atoms. The van der Waals surface area contributed by atoms with Crippen molar-refractivity contribution in [2.75, 3.05) is 6.54 Å². The van der Waals surface area contributed by atoms with E-state index in [0.29, 0.717) is 17.9 Å². The minimum absolute atomic E-state index is 0.133. The Kier molecular flexibility index (Phi) is 2.59. The second-order valence-electron chi connectivity index (χ2n) is 7.59. The van der Waals surface area contributed by atoms with Crippen LogP contribution in [0.1, 0.15) is 46.0 Å². The van der Waals surface area contributed by atoms with Crippen LogP contribution in [0, 0.1) is 17.8 Å². The van der Waals surface area contributed by atoms with Gasteiger partial charge in [-0.3, -0.25) is 0 Å². The second kappa shape index (κ2) is 3.69. The zero-order valence-corrected chi connectivity index (χ0v) is 11.1. The Morgan fingerprint density at radius 2 is 1.82 bits per heavy atom. The van der Waals surface area contributed by atoms with E-state index < -0.39 is 0 Å². The van der Waals surface area contributed by atoms with Crippen LogP contribution in [0.2, 0.25) is 0 Å². The molecule has 4 fully saturated rings. The summed E-state index contributed by atoms with van der Waals surface area (Å²) in [6, 6.07) is 0.606. The average Bonchev–Trinajstić information content (AvgIpc) is 2.11. The first-order valence-corrected chi connectivity index (χ1v) is 7.09. The zero-order chi connectivity index (χ0) is 12.3. The SMILES string of the molecule is CC(C)(N)CNC1C2CC3CC1CC(O)(C3)C2. The monoisotopic (exact) mass is 238 g/mol. The van der Waals surface area contributed by atoms with Crippen molar-refractivity contribution in [3.8, 4) is 0 Å². The van der Waals surface area contributed by atoms with Crippen molar-refractivity contribution >= 4 is 0 Å². The Morgan fingerprint density at radius 3 is 2.29 bits per heavy atom. The first kappa shape index (κ1) is 11.9. The van der Waals surface area contributed by atoms with Crippen molar-refractivity contribution in [3.63, 3.8) is 0 Å². The molecule has 4 aliphatic carbocycles. The highest BCUT2D eigenvalue weighted by Gasteiger charge is 2.54. The number of nitrogens with two attached hydrogens (primary N) is 1. The summed E-state index contributed by atoms with van der Waals surface area (Å²) in [6.45, 7) is 5.03. The topological polar surface area (TPSA) is 58.3 Å². The van der Waals surface area contributed by atoms with Crippen molar-refractivity contribution in [1.82, 2.24) is 5.32 Å². The van der Waals surface area contributed by atoms with Crippen LogP contribution in [-0.4, -0.2) is 28.8 Å². The minimum Gasteiger partial charge on any atom is -0.390 e. The van der Waals surface area contributed by atoms with E-state index in [-0.39, 0.29) is 11.1 Å². The molecule has 4 aliphatic rings. The summed E-state index contributed by atoms with van der Waals surface area (Å²) in [5, 5.41) is 14.2. The molecule has 0 aromatic carbocycles. The highest BCUT2D eigenvalue weighted by atomic mass is 16.3. The summed E-state index contributed by atoms with van der Waals surface area (Å²) in [4.78, 5) is 0. The number of nitrogens with one attached hydrogen (secondary N) is 1. The molecular formula is C14H26N2O. The largest absolute Gasteiger partial charge is 0.390 e. The lowest BCUT2D eigenvalue weighted by atomic mass is 9.52.